The first-order valence-electron chi connectivity index (χ1n) is 8.43. The van der Waals surface area contributed by atoms with Crippen LogP contribution in [-0.2, 0) is 0 Å². The summed E-state index contributed by atoms with van der Waals surface area (Å²) in [4.78, 5) is 12.1. The first-order valence-corrected chi connectivity index (χ1v) is 8.43. The molecule has 0 aromatic carbocycles. The first-order chi connectivity index (χ1) is 10.1. The minimum absolute atomic E-state index is 0.483. The van der Waals surface area contributed by atoms with Crippen LogP contribution in [-0.4, -0.2) is 30.1 Å². The highest BCUT2D eigenvalue weighted by atomic mass is 15.2. The maximum atomic E-state index is 4.93. The van der Waals surface area contributed by atoms with E-state index in [1.165, 1.54) is 43.5 Å². The number of aromatic nitrogens is 2. The van der Waals surface area contributed by atoms with Gasteiger partial charge in [-0.05, 0) is 44.4 Å². The van der Waals surface area contributed by atoms with E-state index in [1.807, 2.05) is 7.05 Å². The summed E-state index contributed by atoms with van der Waals surface area (Å²) in [6.45, 7) is 9.08. The Labute approximate surface area is 128 Å². The van der Waals surface area contributed by atoms with E-state index in [-0.39, 0.29) is 0 Å². The van der Waals surface area contributed by atoms with Crippen LogP contribution in [0.25, 0.3) is 0 Å². The minimum atomic E-state index is 0.483. The van der Waals surface area contributed by atoms with E-state index in [9.17, 15) is 0 Å². The van der Waals surface area contributed by atoms with Crippen molar-refractivity contribution in [2.75, 3.05) is 30.4 Å². The molecule has 0 unspecified atom stereocenters. The van der Waals surface area contributed by atoms with Crippen molar-refractivity contribution >= 4 is 11.6 Å². The molecule has 0 amide bonds. The summed E-state index contributed by atoms with van der Waals surface area (Å²) >= 11 is 0. The molecular formula is C17H28N4. The van der Waals surface area contributed by atoms with Crippen LogP contribution in [0, 0.1) is 12.3 Å². The van der Waals surface area contributed by atoms with E-state index in [1.54, 1.807) is 0 Å². The lowest BCUT2D eigenvalue weighted by molar-refractivity contribution is 0.301. The molecule has 4 heteroatoms. The van der Waals surface area contributed by atoms with Crippen LogP contribution in [0.2, 0.25) is 0 Å². The van der Waals surface area contributed by atoms with Gasteiger partial charge in [0.2, 0.25) is 0 Å². The normalized spacial score (nSPS) is 20.9. The Kier molecular flexibility index (Phi) is 3.80. The molecule has 1 aliphatic heterocycles. The van der Waals surface area contributed by atoms with Crippen LogP contribution in [0.5, 0.6) is 0 Å². The van der Waals surface area contributed by atoms with Gasteiger partial charge in [-0.2, -0.15) is 0 Å². The summed E-state index contributed by atoms with van der Waals surface area (Å²) in [6.07, 6.45) is 6.31. The van der Waals surface area contributed by atoms with Gasteiger partial charge < -0.3 is 10.2 Å². The Morgan fingerprint density at radius 2 is 1.95 bits per heavy atom. The second-order valence-electron chi connectivity index (χ2n) is 6.78. The van der Waals surface area contributed by atoms with Gasteiger partial charge in [0, 0.05) is 31.6 Å². The van der Waals surface area contributed by atoms with Crippen molar-refractivity contribution in [1.82, 2.24) is 9.97 Å². The largest absolute Gasteiger partial charge is 0.373 e. The Morgan fingerprint density at radius 1 is 1.24 bits per heavy atom. The van der Waals surface area contributed by atoms with Crippen LogP contribution in [0.4, 0.5) is 11.6 Å². The van der Waals surface area contributed by atoms with Gasteiger partial charge in [-0.15, -0.1) is 0 Å². The highest BCUT2D eigenvalue weighted by Gasteiger charge is 2.37. The molecule has 116 valence electrons. The summed E-state index contributed by atoms with van der Waals surface area (Å²) in [7, 11) is 1.96. The van der Waals surface area contributed by atoms with E-state index in [0.717, 1.165) is 24.7 Å². The van der Waals surface area contributed by atoms with Crippen molar-refractivity contribution in [2.24, 2.45) is 5.41 Å². The molecule has 21 heavy (non-hydrogen) atoms. The van der Waals surface area contributed by atoms with Crippen molar-refractivity contribution in [3.8, 4) is 0 Å². The summed E-state index contributed by atoms with van der Waals surface area (Å²) in [5.41, 5.74) is 1.68. The van der Waals surface area contributed by atoms with Crippen LogP contribution in [0.3, 0.4) is 0 Å². The molecule has 1 aliphatic carbocycles. The first kappa shape index (κ1) is 14.6. The predicted molar refractivity (Wildman–Crippen MR) is 88.1 cm³/mol. The predicted octanol–water partition coefficient (Wildman–Crippen LogP) is 3.72. The fourth-order valence-electron chi connectivity index (χ4n) is 3.54. The molecule has 2 heterocycles. The third-order valence-corrected chi connectivity index (χ3v) is 5.55. The van der Waals surface area contributed by atoms with Crippen molar-refractivity contribution in [3.05, 3.63) is 11.4 Å². The zero-order valence-corrected chi connectivity index (χ0v) is 13.9. The van der Waals surface area contributed by atoms with Gasteiger partial charge in [-0.1, -0.05) is 13.8 Å². The van der Waals surface area contributed by atoms with Crippen molar-refractivity contribution in [2.45, 2.75) is 58.8 Å². The maximum Gasteiger partial charge on any atom is 0.137 e. The summed E-state index contributed by atoms with van der Waals surface area (Å²) in [5.74, 6) is 3.82. The molecule has 0 bridgehead atoms. The summed E-state index contributed by atoms with van der Waals surface area (Å²) in [6, 6.07) is 0. The monoisotopic (exact) mass is 288 g/mol. The highest BCUT2D eigenvalue weighted by Crippen LogP contribution is 2.43. The third-order valence-electron chi connectivity index (χ3n) is 5.55. The van der Waals surface area contributed by atoms with Gasteiger partial charge in [0.15, 0.2) is 0 Å². The standard InChI is InChI=1S/C17H28N4/c1-5-17(6-2)9-10-21(11-17)16-12(3)14(18-4)19-15(20-16)13-7-8-13/h13H,5-11H2,1-4H3,(H,18,19,20). The SMILES string of the molecule is CCC1(CC)CCN(c2nc(C3CC3)nc(NC)c2C)C1. The molecule has 0 atom stereocenters. The lowest BCUT2D eigenvalue weighted by Crippen LogP contribution is -2.28. The molecule has 0 radical (unpaired) electrons. The van der Waals surface area contributed by atoms with Crippen molar-refractivity contribution in [1.29, 1.82) is 0 Å². The number of hydrogen-bond donors (Lipinski definition) is 1. The van der Waals surface area contributed by atoms with E-state index in [2.05, 4.69) is 31.0 Å². The van der Waals surface area contributed by atoms with Gasteiger partial charge in [0.1, 0.15) is 17.5 Å². The molecule has 1 saturated carbocycles. The molecule has 1 saturated heterocycles. The van der Waals surface area contributed by atoms with Crippen LogP contribution < -0.4 is 10.2 Å². The average molecular weight is 288 g/mol. The van der Waals surface area contributed by atoms with E-state index in [0.29, 0.717) is 11.3 Å². The second kappa shape index (κ2) is 5.47. The Morgan fingerprint density at radius 3 is 2.48 bits per heavy atom. The zero-order valence-electron chi connectivity index (χ0n) is 13.9. The molecule has 0 spiro atoms. The Bertz CT molecular complexity index is 518. The van der Waals surface area contributed by atoms with Gasteiger partial charge in [-0.25, -0.2) is 9.97 Å². The van der Waals surface area contributed by atoms with Crippen molar-refractivity contribution in [3.63, 3.8) is 0 Å². The topological polar surface area (TPSA) is 41.1 Å². The summed E-state index contributed by atoms with van der Waals surface area (Å²) < 4.78 is 0. The molecule has 4 nitrogen and oxygen atoms in total. The van der Waals surface area contributed by atoms with Gasteiger partial charge >= 0.3 is 0 Å². The Hall–Kier alpha value is -1.32. The molecule has 1 aromatic heterocycles. The van der Waals surface area contributed by atoms with E-state index in [4.69, 9.17) is 9.97 Å². The molecule has 2 aliphatic rings. The number of anilines is 2. The average Bonchev–Trinajstić information content (AvgIpc) is 3.27. The van der Waals surface area contributed by atoms with Crippen LogP contribution in [0.1, 0.15) is 63.3 Å². The third kappa shape index (κ3) is 2.60. The number of hydrogen-bond acceptors (Lipinski definition) is 4. The fraction of sp³-hybridized carbons (Fsp3) is 0.765. The fourth-order valence-corrected chi connectivity index (χ4v) is 3.54. The smallest absolute Gasteiger partial charge is 0.137 e. The van der Waals surface area contributed by atoms with Crippen LogP contribution >= 0.6 is 0 Å². The van der Waals surface area contributed by atoms with Crippen LogP contribution in [0.15, 0.2) is 0 Å². The zero-order chi connectivity index (χ0) is 15.0. The number of rotatable bonds is 5. The lowest BCUT2D eigenvalue weighted by Gasteiger charge is -2.27. The molecule has 2 fully saturated rings. The highest BCUT2D eigenvalue weighted by molar-refractivity contribution is 5.59. The molecule has 1 aromatic rings. The van der Waals surface area contributed by atoms with E-state index < -0.39 is 0 Å². The van der Waals surface area contributed by atoms with E-state index >= 15 is 0 Å². The minimum Gasteiger partial charge on any atom is -0.373 e. The second-order valence-corrected chi connectivity index (χ2v) is 6.78. The molecule has 1 N–H and O–H groups in total. The molecule has 3 rings (SSSR count). The summed E-state index contributed by atoms with van der Waals surface area (Å²) in [5, 5.41) is 3.25. The molecular weight excluding hydrogens is 260 g/mol. The van der Waals surface area contributed by atoms with Gasteiger partial charge in [0.25, 0.3) is 0 Å². The lowest BCUT2D eigenvalue weighted by atomic mass is 9.82. The number of nitrogens with zero attached hydrogens (tertiary/aromatic N) is 3. The maximum absolute atomic E-state index is 4.93. The van der Waals surface area contributed by atoms with Gasteiger partial charge in [-0.3, -0.25) is 0 Å². The van der Waals surface area contributed by atoms with Crippen molar-refractivity contribution < 1.29 is 0 Å². The Balaban J connectivity index is 1.93. The quantitative estimate of drug-likeness (QED) is 0.896. The van der Waals surface area contributed by atoms with Gasteiger partial charge in [0.05, 0.1) is 0 Å². The number of nitrogens with one attached hydrogen (secondary N) is 1.